The first-order chi connectivity index (χ1) is 11.0. The number of ether oxygens (including phenoxy) is 1. The van der Waals surface area contributed by atoms with Gasteiger partial charge in [0, 0.05) is 10.5 Å². The number of esters is 1. The van der Waals surface area contributed by atoms with Crippen molar-refractivity contribution in [3.63, 3.8) is 0 Å². The second-order valence-electron chi connectivity index (χ2n) is 4.92. The minimum Gasteiger partial charge on any atom is -0.478 e. The number of aryl methyl sites for hydroxylation is 1. The Balaban J connectivity index is 2.10. The Labute approximate surface area is 142 Å². The number of aromatic carboxylic acids is 1. The Morgan fingerprint density at radius 2 is 1.91 bits per heavy atom. The number of carboxylic acids is 1. The Kier molecular flexibility index (Phi) is 5.71. The fourth-order valence-corrected chi connectivity index (χ4v) is 2.72. The maximum absolute atomic E-state index is 11.8. The summed E-state index contributed by atoms with van der Waals surface area (Å²) in [4.78, 5) is 23.1. The van der Waals surface area contributed by atoms with Crippen molar-refractivity contribution >= 4 is 33.9 Å². The van der Waals surface area contributed by atoms with Crippen molar-refractivity contribution in [3.8, 4) is 0 Å². The lowest BCUT2D eigenvalue weighted by Crippen LogP contribution is -2.04. The van der Waals surface area contributed by atoms with Crippen LogP contribution in [0.3, 0.4) is 0 Å². The molecule has 0 atom stereocenters. The zero-order chi connectivity index (χ0) is 16.8. The number of halogens is 1. The summed E-state index contributed by atoms with van der Waals surface area (Å²) in [5, 5.41) is 9.29. The maximum Gasteiger partial charge on any atom is 0.336 e. The van der Waals surface area contributed by atoms with E-state index in [4.69, 9.17) is 4.74 Å². The molecule has 0 aliphatic carbocycles. The van der Waals surface area contributed by atoms with Gasteiger partial charge in [0.2, 0.25) is 0 Å². The average molecular weight is 375 g/mol. The van der Waals surface area contributed by atoms with E-state index in [1.54, 1.807) is 19.1 Å². The SMILES string of the molecule is Cc1cc(Br)cc(/C=C/C(=O)OCc2ccccc2)c1C(=O)O. The molecule has 0 unspecified atom stereocenters. The lowest BCUT2D eigenvalue weighted by Gasteiger charge is -2.07. The Morgan fingerprint density at radius 1 is 1.22 bits per heavy atom. The third-order valence-corrected chi connectivity index (χ3v) is 3.63. The van der Waals surface area contributed by atoms with Crippen LogP contribution in [0.25, 0.3) is 6.08 Å². The van der Waals surface area contributed by atoms with E-state index in [-0.39, 0.29) is 12.2 Å². The van der Waals surface area contributed by atoms with Crippen molar-refractivity contribution in [2.45, 2.75) is 13.5 Å². The summed E-state index contributed by atoms with van der Waals surface area (Å²) in [5.74, 6) is -1.56. The molecule has 1 N–H and O–H groups in total. The third-order valence-electron chi connectivity index (χ3n) is 3.17. The molecule has 0 radical (unpaired) electrons. The summed E-state index contributed by atoms with van der Waals surface area (Å²) in [6.45, 7) is 1.88. The minimum absolute atomic E-state index is 0.167. The number of carbonyl (C=O) groups excluding carboxylic acids is 1. The van der Waals surface area contributed by atoms with Crippen LogP contribution in [-0.2, 0) is 16.1 Å². The van der Waals surface area contributed by atoms with E-state index < -0.39 is 11.9 Å². The first kappa shape index (κ1) is 17.0. The quantitative estimate of drug-likeness (QED) is 0.628. The Morgan fingerprint density at radius 3 is 2.57 bits per heavy atom. The summed E-state index contributed by atoms with van der Waals surface area (Å²) in [6.07, 6.45) is 2.69. The monoisotopic (exact) mass is 374 g/mol. The molecule has 0 saturated heterocycles. The number of benzene rings is 2. The number of carbonyl (C=O) groups is 2. The van der Waals surface area contributed by atoms with E-state index in [0.29, 0.717) is 11.1 Å². The first-order valence-corrected chi connectivity index (χ1v) is 7.69. The van der Waals surface area contributed by atoms with Crippen LogP contribution in [0.4, 0.5) is 0 Å². The second-order valence-corrected chi connectivity index (χ2v) is 5.83. The molecule has 0 aliphatic rings. The predicted molar refractivity (Wildman–Crippen MR) is 91.1 cm³/mol. The van der Waals surface area contributed by atoms with Gasteiger partial charge in [-0.2, -0.15) is 0 Å². The van der Waals surface area contributed by atoms with Crippen LogP contribution in [-0.4, -0.2) is 17.0 Å². The van der Waals surface area contributed by atoms with Crippen molar-refractivity contribution < 1.29 is 19.4 Å². The lowest BCUT2D eigenvalue weighted by atomic mass is 10.0. The smallest absolute Gasteiger partial charge is 0.336 e. The zero-order valence-corrected chi connectivity index (χ0v) is 14.0. The van der Waals surface area contributed by atoms with Gasteiger partial charge in [0.05, 0.1) is 5.56 Å². The fourth-order valence-electron chi connectivity index (χ4n) is 2.13. The standard InChI is InChI=1S/C18H15BrO4/c1-12-9-15(19)10-14(17(12)18(21)22)7-8-16(20)23-11-13-5-3-2-4-6-13/h2-10H,11H2,1H3,(H,21,22)/b8-7+. The molecule has 23 heavy (non-hydrogen) atoms. The molecule has 2 aromatic carbocycles. The normalized spacial score (nSPS) is 10.7. The maximum atomic E-state index is 11.8. The number of carboxylic acid groups (broad SMARTS) is 1. The van der Waals surface area contributed by atoms with Crippen LogP contribution in [0.5, 0.6) is 0 Å². The highest BCUT2D eigenvalue weighted by Gasteiger charge is 2.13. The van der Waals surface area contributed by atoms with E-state index in [9.17, 15) is 14.7 Å². The number of hydrogen-bond donors (Lipinski definition) is 1. The van der Waals surface area contributed by atoms with Gasteiger partial charge >= 0.3 is 11.9 Å². The predicted octanol–water partition coefficient (Wildman–Crippen LogP) is 4.21. The highest BCUT2D eigenvalue weighted by atomic mass is 79.9. The van der Waals surface area contributed by atoms with Crippen LogP contribution in [0.15, 0.2) is 53.0 Å². The molecule has 0 amide bonds. The van der Waals surface area contributed by atoms with E-state index in [1.807, 2.05) is 30.3 Å². The largest absolute Gasteiger partial charge is 0.478 e. The van der Waals surface area contributed by atoms with Crippen LogP contribution in [0, 0.1) is 6.92 Å². The molecule has 0 aromatic heterocycles. The van der Waals surface area contributed by atoms with Gasteiger partial charge in [0.1, 0.15) is 6.61 Å². The molecule has 0 saturated carbocycles. The fraction of sp³-hybridized carbons (Fsp3) is 0.111. The highest BCUT2D eigenvalue weighted by molar-refractivity contribution is 9.10. The molecular formula is C18H15BrO4. The number of hydrogen-bond acceptors (Lipinski definition) is 3. The van der Waals surface area contributed by atoms with Crippen LogP contribution < -0.4 is 0 Å². The molecule has 2 aromatic rings. The Bertz CT molecular complexity index is 751. The van der Waals surface area contributed by atoms with Crippen molar-refractivity contribution in [3.05, 3.63) is 75.3 Å². The van der Waals surface area contributed by atoms with E-state index in [2.05, 4.69) is 15.9 Å². The second kappa shape index (κ2) is 7.74. The molecule has 0 fully saturated rings. The number of rotatable bonds is 5. The molecule has 0 heterocycles. The molecule has 118 valence electrons. The van der Waals surface area contributed by atoms with Crippen LogP contribution in [0.1, 0.15) is 27.0 Å². The third kappa shape index (κ3) is 4.79. The molecule has 0 bridgehead atoms. The zero-order valence-electron chi connectivity index (χ0n) is 12.5. The van der Waals surface area contributed by atoms with Gasteiger partial charge in [-0.25, -0.2) is 9.59 Å². The van der Waals surface area contributed by atoms with Crippen LogP contribution in [0.2, 0.25) is 0 Å². The minimum atomic E-state index is -1.03. The summed E-state index contributed by atoms with van der Waals surface area (Å²) in [5.41, 5.74) is 2.12. The molecular weight excluding hydrogens is 360 g/mol. The van der Waals surface area contributed by atoms with Crippen LogP contribution >= 0.6 is 15.9 Å². The molecule has 4 nitrogen and oxygen atoms in total. The van der Waals surface area contributed by atoms with Crippen molar-refractivity contribution in [2.75, 3.05) is 0 Å². The van der Waals surface area contributed by atoms with Gasteiger partial charge in [-0.15, -0.1) is 0 Å². The van der Waals surface area contributed by atoms with Gasteiger partial charge in [0.15, 0.2) is 0 Å². The van der Waals surface area contributed by atoms with Gasteiger partial charge in [-0.3, -0.25) is 0 Å². The summed E-state index contributed by atoms with van der Waals surface area (Å²) in [7, 11) is 0. The summed E-state index contributed by atoms with van der Waals surface area (Å²) in [6, 6.07) is 12.7. The van der Waals surface area contributed by atoms with Gasteiger partial charge in [-0.1, -0.05) is 46.3 Å². The van der Waals surface area contributed by atoms with Crippen molar-refractivity contribution in [2.24, 2.45) is 0 Å². The lowest BCUT2D eigenvalue weighted by molar-refractivity contribution is -0.138. The summed E-state index contributed by atoms with van der Waals surface area (Å²) < 4.78 is 5.87. The van der Waals surface area contributed by atoms with Gasteiger partial charge in [0.25, 0.3) is 0 Å². The molecule has 0 spiro atoms. The highest BCUT2D eigenvalue weighted by Crippen LogP contribution is 2.22. The first-order valence-electron chi connectivity index (χ1n) is 6.89. The Hall–Kier alpha value is -2.40. The van der Waals surface area contributed by atoms with E-state index >= 15 is 0 Å². The van der Waals surface area contributed by atoms with Gasteiger partial charge < -0.3 is 9.84 Å². The topological polar surface area (TPSA) is 63.6 Å². The van der Waals surface area contributed by atoms with Crippen molar-refractivity contribution in [1.82, 2.24) is 0 Å². The molecule has 2 rings (SSSR count). The summed E-state index contributed by atoms with van der Waals surface area (Å²) >= 11 is 3.32. The van der Waals surface area contributed by atoms with Crippen molar-refractivity contribution in [1.29, 1.82) is 0 Å². The van der Waals surface area contributed by atoms with E-state index in [1.165, 1.54) is 12.2 Å². The average Bonchev–Trinajstić information content (AvgIpc) is 2.50. The molecule has 5 heteroatoms. The van der Waals surface area contributed by atoms with E-state index in [0.717, 1.165) is 10.0 Å². The molecule has 0 aliphatic heterocycles. The van der Waals surface area contributed by atoms with Gasteiger partial charge in [-0.05, 0) is 41.8 Å².